The maximum Gasteiger partial charge on any atom is 0.342 e. The number of nitrogens with one attached hydrogen (secondary N) is 1. The van der Waals surface area contributed by atoms with Gasteiger partial charge in [0.2, 0.25) is 5.91 Å². The normalized spacial score (nSPS) is 13.0. The number of hydrogen-bond donors (Lipinski definition) is 3. The van der Waals surface area contributed by atoms with E-state index in [0.29, 0.717) is 35.4 Å². The Morgan fingerprint density at radius 1 is 1.27 bits per heavy atom. The van der Waals surface area contributed by atoms with Crippen molar-refractivity contribution in [2.24, 2.45) is 0 Å². The van der Waals surface area contributed by atoms with Crippen LogP contribution in [0.2, 0.25) is 0 Å². The number of amides is 1. The van der Waals surface area contributed by atoms with E-state index in [1.807, 2.05) is 19.9 Å². The lowest BCUT2D eigenvalue weighted by Gasteiger charge is -2.15. The second-order valence-corrected chi connectivity index (χ2v) is 7.24. The maximum atomic E-state index is 12.1. The zero-order chi connectivity index (χ0) is 21.8. The van der Waals surface area contributed by atoms with Gasteiger partial charge in [0.1, 0.15) is 29.4 Å². The molecule has 0 atom stereocenters. The van der Waals surface area contributed by atoms with Gasteiger partial charge in [0, 0.05) is 17.5 Å². The Kier molecular flexibility index (Phi) is 6.30. The Labute approximate surface area is 174 Å². The van der Waals surface area contributed by atoms with Crippen molar-refractivity contribution in [3.8, 4) is 17.2 Å². The summed E-state index contributed by atoms with van der Waals surface area (Å²) in [6.45, 7) is 3.86. The molecule has 1 aliphatic heterocycles. The number of anilines is 1. The third-order valence-corrected chi connectivity index (χ3v) is 5.23. The number of phenols is 2. The second kappa shape index (κ2) is 8.90. The average molecular weight is 411 g/mol. The summed E-state index contributed by atoms with van der Waals surface area (Å²) in [6, 6.07) is 6.55. The molecule has 1 heterocycles. The summed E-state index contributed by atoms with van der Waals surface area (Å²) in [5.74, 6) is -0.301. The molecule has 0 radical (unpaired) electrons. The van der Waals surface area contributed by atoms with Crippen molar-refractivity contribution in [1.29, 1.82) is 0 Å². The van der Waals surface area contributed by atoms with Gasteiger partial charge in [-0.15, -0.1) is 0 Å². The van der Waals surface area contributed by atoms with E-state index in [0.717, 1.165) is 11.1 Å². The third kappa shape index (κ3) is 4.25. The van der Waals surface area contributed by atoms with Crippen molar-refractivity contribution >= 4 is 17.6 Å². The Morgan fingerprint density at radius 3 is 2.70 bits per heavy atom. The predicted molar refractivity (Wildman–Crippen MR) is 112 cm³/mol. The fraction of sp³-hybridized carbons (Fsp3) is 0.304. The first-order valence-electron chi connectivity index (χ1n) is 9.65. The van der Waals surface area contributed by atoms with E-state index in [4.69, 9.17) is 9.47 Å². The number of fused-ring (bicyclic) bond motifs is 1. The lowest BCUT2D eigenvalue weighted by Crippen LogP contribution is -2.11. The zero-order valence-electron chi connectivity index (χ0n) is 17.2. The number of aromatic hydroxyl groups is 2. The number of phenolic OH excluding ortho intramolecular Hbond substituents is 2. The number of methoxy groups -OCH3 is 1. The number of hydrogen-bond acceptors (Lipinski definition) is 6. The van der Waals surface area contributed by atoms with Crippen LogP contribution >= 0.6 is 0 Å². The monoisotopic (exact) mass is 411 g/mol. The molecule has 158 valence electrons. The number of benzene rings is 2. The van der Waals surface area contributed by atoms with E-state index in [-0.39, 0.29) is 36.0 Å². The van der Waals surface area contributed by atoms with Gasteiger partial charge in [-0.2, -0.15) is 0 Å². The molecule has 0 saturated carbocycles. The van der Waals surface area contributed by atoms with Gasteiger partial charge in [0.25, 0.3) is 0 Å². The molecule has 2 aromatic rings. The van der Waals surface area contributed by atoms with Gasteiger partial charge in [-0.1, -0.05) is 23.8 Å². The molecule has 7 heteroatoms. The van der Waals surface area contributed by atoms with Gasteiger partial charge in [0.05, 0.1) is 12.8 Å². The Balaban J connectivity index is 1.69. The van der Waals surface area contributed by atoms with Crippen molar-refractivity contribution in [2.75, 3.05) is 12.4 Å². The van der Waals surface area contributed by atoms with E-state index >= 15 is 0 Å². The van der Waals surface area contributed by atoms with Crippen LogP contribution in [0.25, 0.3) is 0 Å². The number of esters is 1. The summed E-state index contributed by atoms with van der Waals surface area (Å²) in [6.07, 6.45) is 3.00. The molecule has 1 aliphatic rings. The van der Waals surface area contributed by atoms with Crippen LogP contribution in [-0.2, 0) is 22.6 Å². The molecule has 0 aliphatic carbocycles. The molecule has 3 rings (SSSR count). The minimum atomic E-state index is -0.531. The van der Waals surface area contributed by atoms with E-state index in [2.05, 4.69) is 5.32 Å². The van der Waals surface area contributed by atoms with Gasteiger partial charge in [0.15, 0.2) is 0 Å². The summed E-state index contributed by atoms with van der Waals surface area (Å²) in [5.41, 5.74) is 3.48. The minimum absolute atomic E-state index is 0.0196. The highest BCUT2D eigenvalue weighted by Gasteiger charge is 2.31. The standard InChI is InChI=1S/C23H25NO6/c1-13(9-11-19(26)24-17-6-4-5-7-18(17)25)8-10-15-21(27)20-16(12-30-23(20)28)14(2)22(15)29-3/h4-8,25,27H,9-12H2,1-3H3,(H,24,26)/b13-8+. The number of para-hydroxylation sites is 2. The van der Waals surface area contributed by atoms with E-state index < -0.39 is 5.97 Å². The smallest absolute Gasteiger partial charge is 0.342 e. The fourth-order valence-electron chi connectivity index (χ4n) is 3.51. The highest BCUT2D eigenvalue weighted by molar-refractivity contribution is 5.98. The number of ether oxygens (including phenoxy) is 2. The van der Waals surface area contributed by atoms with Gasteiger partial charge in [-0.05, 0) is 44.4 Å². The van der Waals surface area contributed by atoms with Crippen LogP contribution in [0.4, 0.5) is 5.69 Å². The van der Waals surface area contributed by atoms with Crippen LogP contribution in [0.1, 0.15) is 46.8 Å². The van der Waals surface area contributed by atoms with Crippen LogP contribution in [0.5, 0.6) is 17.2 Å². The first kappa shape index (κ1) is 21.2. The van der Waals surface area contributed by atoms with E-state index in [9.17, 15) is 19.8 Å². The van der Waals surface area contributed by atoms with Gasteiger partial charge < -0.3 is 25.0 Å². The lowest BCUT2D eigenvalue weighted by atomic mass is 9.94. The maximum absolute atomic E-state index is 12.1. The quantitative estimate of drug-likeness (QED) is 0.361. The number of allylic oxidation sites excluding steroid dienone is 2. The van der Waals surface area contributed by atoms with Crippen LogP contribution in [0.3, 0.4) is 0 Å². The molecule has 30 heavy (non-hydrogen) atoms. The number of cyclic esters (lactones) is 1. The Morgan fingerprint density at radius 2 is 2.00 bits per heavy atom. The molecule has 7 nitrogen and oxygen atoms in total. The van der Waals surface area contributed by atoms with Crippen LogP contribution in [0, 0.1) is 6.92 Å². The van der Waals surface area contributed by atoms with Gasteiger partial charge in [-0.3, -0.25) is 4.79 Å². The van der Waals surface area contributed by atoms with Crippen molar-refractivity contribution in [2.45, 2.75) is 39.7 Å². The average Bonchev–Trinajstić information content (AvgIpc) is 3.11. The zero-order valence-corrected chi connectivity index (χ0v) is 17.2. The highest BCUT2D eigenvalue weighted by atomic mass is 16.5. The lowest BCUT2D eigenvalue weighted by molar-refractivity contribution is -0.116. The van der Waals surface area contributed by atoms with Crippen molar-refractivity contribution in [3.63, 3.8) is 0 Å². The highest BCUT2D eigenvalue weighted by Crippen LogP contribution is 2.42. The topological polar surface area (TPSA) is 105 Å². The molecule has 2 aromatic carbocycles. The van der Waals surface area contributed by atoms with Crippen LogP contribution in [0.15, 0.2) is 35.9 Å². The summed E-state index contributed by atoms with van der Waals surface area (Å²) in [7, 11) is 1.52. The summed E-state index contributed by atoms with van der Waals surface area (Å²) in [4.78, 5) is 24.1. The number of carbonyl (C=O) groups is 2. The summed E-state index contributed by atoms with van der Waals surface area (Å²) in [5, 5.41) is 23.1. The van der Waals surface area contributed by atoms with Crippen molar-refractivity contribution in [3.05, 3.63) is 58.2 Å². The van der Waals surface area contributed by atoms with E-state index in [1.54, 1.807) is 18.2 Å². The third-order valence-electron chi connectivity index (χ3n) is 5.23. The van der Waals surface area contributed by atoms with Crippen LogP contribution in [-0.4, -0.2) is 29.2 Å². The van der Waals surface area contributed by atoms with E-state index in [1.165, 1.54) is 13.2 Å². The second-order valence-electron chi connectivity index (χ2n) is 7.24. The number of rotatable bonds is 7. The molecule has 0 spiro atoms. The SMILES string of the molecule is COc1c(C)c2c(c(O)c1C/C=C(\C)CCC(=O)Nc1ccccc1O)C(=O)OC2. The van der Waals surface area contributed by atoms with Gasteiger partial charge in [-0.25, -0.2) is 4.79 Å². The molecular formula is C23H25NO6. The first-order valence-corrected chi connectivity index (χ1v) is 9.65. The Bertz CT molecular complexity index is 1020. The number of carbonyl (C=O) groups excluding carboxylic acids is 2. The molecule has 0 unspecified atom stereocenters. The van der Waals surface area contributed by atoms with Crippen molar-refractivity contribution in [1.82, 2.24) is 0 Å². The molecule has 0 bridgehead atoms. The fourth-order valence-corrected chi connectivity index (χ4v) is 3.51. The first-order chi connectivity index (χ1) is 14.3. The van der Waals surface area contributed by atoms with Crippen LogP contribution < -0.4 is 10.1 Å². The summed E-state index contributed by atoms with van der Waals surface area (Å²) >= 11 is 0. The minimum Gasteiger partial charge on any atom is -0.507 e. The van der Waals surface area contributed by atoms with Gasteiger partial charge >= 0.3 is 5.97 Å². The molecule has 0 fully saturated rings. The molecule has 1 amide bonds. The molecule has 0 saturated heterocycles. The Hall–Kier alpha value is -3.48. The summed E-state index contributed by atoms with van der Waals surface area (Å²) < 4.78 is 10.5. The largest absolute Gasteiger partial charge is 0.507 e. The predicted octanol–water partition coefficient (Wildman–Crippen LogP) is 3.99. The molecule has 3 N–H and O–H groups in total. The molecule has 0 aromatic heterocycles. The molecular weight excluding hydrogens is 386 g/mol. The van der Waals surface area contributed by atoms with Crippen molar-refractivity contribution < 1.29 is 29.3 Å².